The summed E-state index contributed by atoms with van der Waals surface area (Å²) >= 11 is 0. The highest BCUT2D eigenvalue weighted by Gasteiger charge is 2.19. The molecule has 0 fully saturated rings. The molecule has 27 heavy (non-hydrogen) atoms. The van der Waals surface area contributed by atoms with Crippen molar-refractivity contribution in [2.24, 2.45) is 0 Å². The van der Waals surface area contributed by atoms with Crippen LogP contribution >= 0.6 is 0 Å². The first-order valence-electron chi connectivity index (χ1n) is 7.87. The van der Waals surface area contributed by atoms with Gasteiger partial charge in [0.2, 0.25) is 12.7 Å². The number of nitrogens with one attached hydrogen (secondary N) is 1. The first-order valence-corrected chi connectivity index (χ1v) is 7.87. The number of carbonyl (C=O) groups is 1. The van der Waals surface area contributed by atoms with Gasteiger partial charge in [0.15, 0.2) is 11.5 Å². The molecule has 2 aromatic rings. The first-order chi connectivity index (χ1) is 12.9. The van der Waals surface area contributed by atoms with Crippen LogP contribution in [0.25, 0.3) is 0 Å². The quantitative estimate of drug-likeness (QED) is 0.617. The molecule has 0 saturated carbocycles. The van der Waals surface area contributed by atoms with E-state index in [9.17, 15) is 19.7 Å². The number of nitro groups is 1. The SMILES string of the molecule is C[C@@H](NC(=O)Cn1cc([N+](=O)[O-])cc(C#N)c1=O)c1ccc2c(c1)OCO2. The maximum atomic E-state index is 12.3. The summed E-state index contributed by atoms with van der Waals surface area (Å²) in [6.45, 7) is 1.42. The molecule has 10 heteroatoms. The molecule has 0 spiro atoms. The molecule has 10 nitrogen and oxygen atoms in total. The molecule has 0 radical (unpaired) electrons. The van der Waals surface area contributed by atoms with Crippen LogP contribution in [0.3, 0.4) is 0 Å². The van der Waals surface area contributed by atoms with Crippen molar-refractivity contribution in [3.05, 3.63) is 62.1 Å². The van der Waals surface area contributed by atoms with Crippen molar-refractivity contribution in [1.29, 1.82) is 5.26 Å². The van der Waals surface area contributed by atoms with Crippen molar-refractivity contribution < 1.29 is 19.2 Å². The van der Waals surface area contributed by atoms with E-state index in [2.05, 4.69) is 5.32 Å². The summed E-state index contributed by atoms with van der Waals surface area (Å²) in [5.74, 6) is 0.651. The van der Waals surface area contributed by atoms with Gasteiger partial charge in [-0.25, -0.2) is 0 Å². The molecule has 0 saturated heterocycles. The van der Waals surface area contributed by atoms with E-state index >= 15 is 0 Å². The van der Waals surface area contributed by atoms with Gasteiger partial charge in [-0.15, -0.1) is 0 Å². The molecule has 0 bridgehead atoms. The number of benzene rings is 1. The van der Waals surface area contributed by atoms with Gasteiger partial charge in [-0.05, 0) is 24.6 Å². The highest BCUT2D eigenvalue weighted by molar-refractivity contribution is 5.76. The second-order valence-electron chi connectivity index (χ2n) is 5.82. The Bertz CT molecular complexity index is 1020. The molecule has 1 atom stereocenters. The van der Waals surface area contributed by atoms with E-state index in [0.29, 0.717) is 11.5 Å². The topological polar surface area (TPSA) is 136 Å². The first kappa shape index (κ1) is 17.9. The standard InChI is InChI=1S/C17H14N4O6/c1-10(11-2-3-14-15(5-11)27-9-26-14)19-16(22)8-20-7-13(21(24)25)4-12(6-18)17(20)23/h2-5,7,10H,8-9H2,1H3,(H,19,22)/t10-/m1/s1. The lowest BCUT2D eigenvalue weighted by Gasteiger charge is -2.15. The predicted molar refractivity (Wildman–Crippen MR) is 91.2 cm³/mol. The Balaban J connectivity index is 1.76. The van der Waals surface area contributed by atoms with Gasteiger partial charge in [-0.2, -0.15) is 5.26 Å². The average Bonchev–Trinajstić information content (AvgIpc) is 3.10. The van der Waals surface area contributed by atoms with Crippen molar-refractivity contribution in [3.8, 4) is 17.6 Å². The minimum atomic E-state index is -0.769. The third-order valence-electron chi connectivity index (χ3n) is 3.99. The Morgan fingerprint density at radius 3 is 2.85 bits per heavy atom. The van der Waals surface area contributed by atoms with Crippen molar-refractivity contribution in [1.82, 2.24) is 9.88 Å². The van der Waals surface area contributed by atoms with E-state index in [1.807, 2.05) is 0 Å². The largest absolute Gasteiger partial charge is 0.454 e. The van der Waals surface area contributed by atoms with Crippen molar-refractivity contribution in [2.75, 3.05) is 6.79 Å². The van der Waals surface area contributed by atoms with Crippen LogP contribution in [0.1, 0.15) is 24.1 Å². The van der Waals surface area contributed by atoms with Crippen molar-refractivity contribution in [2.45, 2.75) is 19.5 Å². The molecule has 1 aliphatic heterocycles. The third-order valence-corrected chi connectivity index (χ3v) is 3.99. The van der Waals surface area contributed by atoms with Gasteiger partial charge in [0.05, 0.1) is 17.2 Å². The zero-order valence-corrected chi connectivity index (χ0v) is 14.2. The van der Waals surface area contributed by atoms with E-state index in [1.165, 1.54) is 0 Å². The normalized spacial score (nSPS) is 12.9. The number of nitrogens with zero attached hydrogens (tertiary/aromatic N) is 3. The zero-order chi connectivity index (χ0) is 19.6. The molecular formula is C17H14N4O6. The second kappa shape index (κ2) is 7.17. The fraction of sp³-hybridized carbons (Fsp3) is 0.235. The molecule has 1 aromatic carbocycles. The number of fused-ring (bicyclic) bond motifs is 1. The fourth-order valence-corrected chi connectivity index (χ4v) is 2.62. The highest BCUT2D eigenvalue weighted by atomic mass is 16.7. The summed E-state index contributed by atoms with van der Waals surface area (Å²) in [4.78, 5) is 34.6. The van der Waals surface area contributed by atoms with Gasteiger partial charge in [-0.1, -0.05) is 6.07 Å². The molecule has 2 heterocycles. The highest BCUT2D eigenvalue weighted by Crippen LogP contribution is 2.34. The number of ether oxygens (including phenoxy) is 2. The Hall–Kier alpha value is -3.87. The summed E-state index contributed by atoms with van der Waals surface area (Å²) in [6.07, 6.45) is 0.938. The minimum absolute atomic E-state index is 0.135. The lowest BCUT2D eigenvalue weighted by Crippen LogP contribution is -2.34. The fourth-order valence-electron chi connectivity index (χ4n) is 2.62. The van der Waals surface area contributed by atoms with Crippen LogP contribution in [0.2, 0.25) is 0 Å². The Morgan fingerprint density at radius 1 is 1.41 bits per heavy atom. The van der Waals surface area contributed by atoms with E-state index in [0.717, 1.165) is 22.4 Å². The van der Waals surface area contributed by atoms with Crippen LogP contribution in [0.4, 0.5) is 5.69 Å². The van der Waals surface area contributed by atoms with Gasteiger partial charge in [0.25, 0.3) is 11.2 Å². The summed E-state index contributed by atoms with van der Waals surface area (Å²) in [7, 11) is 0. The molecule has 1 aromatic heterocycles. The molecule has 1 N–H and O–H groups in total. The van der Waals surface area contributed by atoms with Crippen LogP contribution < -0.4 is 20.3 Å². The van der Waals surface area contributed by atoms with Crippen LogP contribution in [-0.4, -0.2) is 22.2 Å². The minimum Gasteiger partial charge on any atom is -0.454 e. The number of hydrogen-bond donors (Lipinski definition) is 1. The Labute approximate surface area is 152 Å². The Kier molecular flexibility index (Phi) is 4.76. The lowest BCUT2D eigenvalue weighted by molar-refractivity contribution is -0.385. The van der Waals surface area contributed by atoms with E-state index < -0.39 is 40.2 Å². The van der Waals surface area contributed by atoms with Crippen LogP contribution in [-0.2, 0) is 11.3 Å². The molecule has 0 unspecified atom stereocenters. The molecule has 138 valence electrons. The summed E-state index contributed by atoms with van der Waals surface area (Å²) in [5, 5.41) is 22.6. The molecule has 1 amide bonds. The van der Waals surface area contributed by atoms with Gasteiger partial charge in [-0.3, -0.25) is 24.3 Å². The number of pyridine rings is 1. The van der Waals surface area contributed by atoms with Gasteiger partial charge in [0.1, 0.15) is 18.2 Å². The zero-order valence-electron chi connectivity index (χ0n) is 14.2. The maximum Gasteiger partial charge on any atom is 0.287 e. The number of rotatable bonds is 5. The monoisotopic (exact) mass is 370 g/mol. The maximum absolute atomic E-state index is 12.3. The summed E-state index contributed by atoms with van der Waals surface area (Å²) < 4.78 is 11.4. The number of amides is 1. The van der Waals surface area contributed by atoms with Crippen molar-refractivity contribution >= 4 is 11.6 Å². The lowest BCUT2D eigenvalue weighted by atomic mass is 10.1. The van der Waals surface area contributed by atoms with Crippen LogP contribution in [0.15, 0.2) is 35.3 Å². The van der Waals surface area contributed by atoms with Gasteiger partial charge in [0, 0.05) is 6.07 Å². The molecule has 1 aliphatic rings. The predicted octanol–water partition coefficient (Wildman–Crippen LogP) is 1.23. The van der Waals surface area contributed by atoms with Gasteiger partial charge < -0.3 is 14.8 Å². The van der Waals surface area contributed by atoms with Gasteiger partial charge >= 0.3 is 0 Å². The second-order valence-corrected chi connectivity index (χ2v) is 5.82. The molecule has 3 rings (SSSR count). The molecule has 0 aliphatic carbocycles. The van der Waals surface area contributed by atoms with E-state index in [4.69, 9.17) is 14.7 Å². The summed E-state index contributed by atoms with van der Waals surface area (Å²) in [5.41, 5.74) is -0.853. The van der Waals surface area contributed by atoms with E-state index in [1.54, 1.807) is 31.2 Å². The van der Waals surface area contributed by atoms with Crippen LogP contribution in [0.5, 0.6) is 11.5 Å². The summed E-state index contributed by atoms with van der Waals surface area (Å²) in [6, 6.07) is 7.31. The molecular weight excluding hydrogens is 356 g/mol. The number of carbonyl (C=O) groups excluding carboxylic acids is 1. The average molecular weight is 370 g/mol. The number of hydrogen-bond acceptors (Lipinski definition) is 7. The number of nitriles is 1. The third kappa shape index (κ3) is 3.72. The Morgan fingerprint density at radius 2 is 2.15 bits per heavy atom. The van der Waals surface area contributed by atoms with E-state index in [-0.39, 0.29) is 6.79 Å². The smallest absolute Gasteiger partial charge is 0.287 e. The van der Waals surface area contributed by atoms with Crippen molar-refractivity contribution in [3.63, 3.8) is 0 Å². The van der Waals surface area contributed by atoms with Crippen LogP contribution in [0, 0.1) is 21.4 Å². The number of aromatic nitrogens is 1.